The molecule has 2 unspecified atom stereocenters. The van der Waals surface area contributed by atoms with Crippen molar-refractivity contribution >= 4 is 5.91 Å². The smallest absolute Gasteiger partial charge is 0.228 e. The Balaban J connectivity index is 2.23. The van der Waals surface area contributed by atoms with Gasteiger partial charge in [-0.15, -0.1) is 0 Å². The second-order valence-corrected chi connectivity index (χ2v) is 5.45. The highest BCUT2D eigenvalue weighted by Crippen LogP contribution is 2.21. The van der Waals surface area contributed by atoms with Crippen molar-refractivity contribution in [1.29, 1.82) is 0 Å². The molecule has 0 aliphatic rings. The van der Waals surface area contributed by atoms with Crippen LogP contribution in [0.3, 0.4) is 0 Å². The zero-order valence-electron chi connectivity index (χ0n) is 12.9. The number of aromatic nitrogens is 1. The number of carbonyl (C=O) groups excluding carboxylic acids is 1. The minimum Gasteiger partial charge on any atom is -0.353 e. The number of amides is 1. The lowest BCUT2D eigenvalue weighted by Crippen LogP contribution is -2.36. The molecule has 0 fully saturated rings. The zero-order valence-corrected chi connectivity index (χ0v) is 12.9. The summed E-state index contributed by atoms with van der Waals surface area (Å²) >= 11 is 0. The minimum absolute atomic E-state index is 0.0494. The summed E-state index contributed by atoms with van der Waals surface area (Å²) in [5.74, 6) is -0.723. The molecule has 1 aromatic heterocycles. The average molecular weight is 300 g/mol. The predicted octanol–water partition coefficient (Wildman–Crippen LogP) is 3.46. The SMILES string of the molecule is CCC(C)NC(=O)C(Cc1ccccn1)c1ccc(F)cc1. The lowest BCUT2D eigenvalue weighted by Gasteiger charge is -2.20. The molecular weight excluding hydrogens is 279 g/mol. The molecule has 0 spiro atoms. The Morgan fingerprint density at radius 2 is 1.95 bits per heavy atom. The summed E-state index contributed by atoms with van der Waals surface area (Å²) in [6.07, 6.45) is 3.07. The van der Waals surface area contributed by atoms with E-state index in [4.69, 9.17) is 0 Å². The molecule has 0 saturated carbocycles. The van der Waals surface area contributed by atoms with Crippen LogP contribution < -0.4 is 5.32 Å². The number of nitrogens with one attached hydrogen (secondary N) is 1. The summed E-state index contributed by atoms with van der Waals surface area (Å²) in [5.41, 5.74) is 1.64. The Bertz CT molecular complexity index is 598. The van der Waals surface area contributed by atoms with Crippen molar-refractivity contribution < 1.29 is 9.18 Å². The van der Waals surface area contributed by atoms with Gasteiger partial charge in [0.15, 0.2) is 0 Å². The Hall–Kier alpha value is -2.23. The van der Waals surface area contributed by atoms with Gasteiger partial charge in [0.05, 0.1) is 5.92 Å². The van der Waals surface area contributed by atoms with Gasteiger partial charge in [0.2, 0.25) is 5.91 Å². The van der Waals surface area contributed by atoms with Crippen LogP contribution in [-0.4, -0.2) is 16.9 Å². The van der Waals surface area contributed by atoms with E-state index < -0.39 is 0 Å². The molecule has 0 saturated heterocycles. The molecule has 22 heavy (non-hydrogen) atoms. The maximum atomic E-state index is 13.1. The Morgan fingerprint density at radius 1 is 1.23 bits per heavy atom. The summed E-state index contributed by atoms with van der Waals surface area (Å²) in [7, 11) is 0. The zero-order chi connectivity index (χ0) is 15.9. The van der Waals surface area contributed by atoms with Gasteiger partial charge in [-0.3, -0.25) is 9.78 Å². The van der Waals surface area contributed by atoms with Crippen molar-refractivity contribution in [3.63, 3.8) is 0 Å². The molecule has 4 heteroatoms. The molecule has 0 aliphatic carbocycles. The van der Waals surface area contributed by atoms with Crippen molar-refractivity contribution in [1.82, 2.24) is 10.3 Å². The van der Waals surface area contributed by atoms with Crippen LogP contribution in [0.15, 0.2) is 48.7 Å². The molecule has 2 atom stereocenters. The predicted molar refractivity (Wildman–Crippen MR) is 85.0 cm³/mol. The van der Waals surface area contributed by atoms with Gasteiger partial charge >= 0.3 is 0 Å². The first-order valence-corrected chi connectivity index (χ1v) is 7.56. The number of halogens is 1. The van der Waals surface area contributed by atoms with E-state index in [2.05, 4.69) is 10.3 Å². The molecule has 116 valence electrons. The highest BCUT2D eigenvalue weighted by Gasteiger charge is 2.22. The Labute approximate surface area is 130 Å². The summed E-state index contributed by atoms with van der Waals surface area (Å²) < 4.78 is 13.1. The van der Waals surface area contributed by atoms with E-state index in [0.29, 0.717) is 6.42 Å². The molecule has 1 amide bonds. The Morgan fingerprint density at radius 3 is 2.55 bits per heavy atom. The van der Waals surface area contributed by atoms with Crippen LogP contribution >= 0.6 is 0 Å². The summed E-state index contributed by atoms with van der Waals surface area (Å²) in [6, 6.07) is 11.9. The van der Waals surface area contributed by atoms with E-state index in [0.717, 1.165) is 17.7 Å². The van der Waals surface area contributed by atoms with E-state index in [1.54, 1.807) is 18.3 Å². The van der Waals surface area contributed by atoms with Gasteiger partial charge in [-0.1, -0.05) is 25.1 Å². The highest BCUT2D eigenvalue weighted by atomic mass is 19.1. The lowest BCUT2D eigenvalue weighted by atomic mass is 9.92. The van der Waals surface area contributed by atoms with E-state index >= 15 is 0 Å². The number of carbonyl (C=O) groups is 1. The summed E-state index contributed by atoms with van der Waals surface area (Å²) in [5, 5.41) is 3.00. The van der Waals surface area contributed by atoms with Crippen LogP contribution in [-0.2, 0) is 11.2 Å². The van der Waals surface area contributed by atoms with Crippen molar-refractivity contribution in [3.05, 3.63) is 65.7 Å². The van der Waals surface area contributed by atoms with Crippen molar-refractivity contribution in [3.8, 4) is 0 Å². The summed E-state index contributed by atoms with van der Waals surface area (Å²) in [6.45, 7) is 4.00. The third-order valence-corrected chi connectivity index (χ3v) is 3.73. The van der Waals surface area contributed by atoms with E-state index in [-0.39, 0.29) is 23.7 Å². The van der Waals surface area contributed by atoms with Gasteiger partial charge in [0.25, 0.3) is 0 Å². The molecule has 0 bridgehead atoms. The number of hydrogen-bond acceptors (Lipinski definition) is 2. The van der Waals surface area contributed by atoms with Gasteiger partial charge < -0.3 is 5.32 Å². The van der Waals surface area contributed by atoms with Crippen LogP contribution in [0.5, 0.6) is 0 Å². The lowest BCUT2D eigenvalue weighted by molar-refractivity contribution is -0.123. The van der Waals surface area contributed by atoms with Crippen molar-refractivity contribution in [2.75, 3.05) is 0 Å². The van der Waals surface area contributed by atoms with Crippen LogP contribution in [0.4, 0.5) is 4.39 Å². The number of nitrogens with zero attached hydrogens (tertiary/aromatic N) is 1. The topological polar surface area (TPSA) is 42.0 Å². The number of benzene rings is 1. The molecule has 1 N–H and O–H groups in total. The first-order chi connectivity index (χ1) is 10.6. The van der Waals surface area contributed by atoms with Crippen LogP contribution in [0.25, 0.3) is 0 Å². The molecule has 1 aromatic carbocycles. The molecule has 3 nitrogen and oxygen atoms in total. The normalized spacial score (nSPS) is 13.4. The molecule has 0 radical (unpaired) electrons. The van der Waals surface area contributed by atoms with Gasteiger partial charge in [0, 0.05) is 24.4 Å². The van der Waals surface area contributed by atoms with Gasteiger partial charge in [-0.2, -0.15) is 0 Å². The standard InChI is InChI=1S/C18H21FN2O/c1-3-13(2)21-18(22)17(12-16-6-4-5-11-20-16)14-7-9-15(19)10-8-14/h4-11,13,17H,3,12H2,1-2H3,(H,21,22). The van der Waals surface area contributed by atoms with Gasteiger partial charge in [0.1, 0.15) is 5.82 Å². The number of rotatable bonds is 6. The first-order valence-electron chi connectivity index (χ1n) is 7.56. The maximum Gasteiger partial charge on any atom is 0.228 e. The van der Waals surface area contributed by atoms with Crippen LogP contribution in [0.1, 0.15) is 37.4 Å². The van der Waals surface area contributed by atoms with Crippen LogP contribution in [0, 0.1) is 5.82 Å². The van der Waals surface area contributed by atoms with E-state index in [1.807, 2.05) is 32.0 Å². The third-order valence-electron chi connectivity index (χ3n) is 3.73. The second kappa shape index (κ2) is 7.69. The number of pyridine rings is 1. The van der Waals surface area contributed by atoms with Crippen LogP contribution in [0.2, 0.25) is 0 Å². The quantitative estimate of drug-likeness (QED) is 0.887. The second-order valence-electron chi connectivity index (χ2n) is 5.45. The monoisotopic (exact) mass is 300 g/mol. The molecular formula is C18H21FN2O. The molecule has 1 heterocycles. The largest absolute Gasteiger partial charge is 0.353 e. The Kier molecular flexibility index (Phi) is 5.64. The first kappa shape index (κ1) is 16.1. The fourth-order valence-corrected chi connectivity index (χ4v) is 2.23. The summed E-state index contributed by atoms with van der Waals surface area (Å²) in [4.78, 5) is 16.9. The molecule has 2 aromatic rings. The highest BCUT2D eigenvalue weighted by molar-refractivity contribution is 5.84. The van der Waals surface area contributed by atoms with E-state index in [9.17, 15) is 9.18 Å². The van der Waals surface area contributed by atoms with Crippen molar-refractivity contribution in [2.24, 2.45) is 0 Å². The maximum absolute atomic E-state index is 13.1. The fourth-order valence-electron chi connectivity index (χ4n) is 2.23. The van der Waals surface area contributed by atoms with Gasteiger partial charge in [-0.05, 0) is 43.2 Å². The third kappa shape index (κ3) is 4.38. The molecule has 2 rings (SSSR count). The average Bonchev–Trinajstić information content (AvgIpc) is 2.54. The molecule has 0 aliphatic heterocycles. The number of hydrogen-bond donors (Lipinski definition) is 1. The van der Waals surface area contributed by atoms with Crippen molar-refractivity contribution in [2.45, 2.75) is 38.6 Å². The van der Waals surface area contributed by atoms with E-state index in [1.165, 1.54) is 12.1 Å². The van der Waals surface area contributed by atoms with Gasteiger partial charge in [-0.25, -0.2) is 4.39 Å². The minimum atomic E-state index is -0.371. The fraction of sp³-hybridized carbons (Fsp3) is 0.333.